The average Bonchev–Trinajstić information content (AvgIpc) is 2.67. The lowest BCUT2D eigenvalue weighted by atomic mass is 9.95. The Bertz CT molecular complexity index is 792. The first-order valence-corrected chi connectivity index (χ1v) is 8.78. The number of nitrogens with one attached hydrogen (secondary N) is 1. The predicted molar refractivity (Wildman–Crippen MR) is 99.1 cm³/mol. The summed E-state index contributed by atoms with van der Waals surface area (Å²) in [6, 6.07) is 8.25. The molecule has 0 unspecified atom stereocenters. The highest BCUT2D eigenvalue weighted by atomic mass is 35.5. The van der Waals surface area contributed by atoms with Crippen LogP contribution in [0.25, 0.3) is 0 Å². The van der Waals surface area contributed by atoms with Crippen LogP contribution in [0.1, 0.15) is 18.4 Å². The molecule has 1 aromatic carbocycles. The minimum atomic E-state index is -0.464. The number of carbonyl (C=O) groups is 1. The first-order chi connectivity index (χ1) is 12.5. The van der Waals surface area contributed by atoms with E-state index in [0.29, 0.717) is 37.5 Å². The summed E-state index contributed by atoms with van der Waals surface area (Å²) in [7, 11) is 0. The summed E-state index contributed by atoms with van der Waals surface area (Å²) in [5.74, 6) is 0.00282. The van der Waals surface area contributed by atoms with E-state index in [1.165, 1.54) is 12.1 Å². The molecule has 8 heteroatoms. The van der Waals surface area contributed by atoms with Crippen molar-refractivity contribution < 1.29 is 9.72 Å². The van der Waals surface area contributed by atoms with E-state index in [-0.39, 0.29) is 17.5 Å². The second kappa shape index (κ2) is 8.14. The van der Waals surface area contributed by atoms with E-state index in [2.05, 4.69) is 15.2 Å². The molecule has 0 aliphatic carbocycles. The van der Waals surface area contributed by atoms with Gasteiger partial charge in [-0.2, -0.15) is 0 Å². The molecule has 136 valence electrons. The van der Waals surface area contributed by atoms with Gasteiger partial charge in [0.1, 0.15) is 0 Å². The summed E-state index contributed by atoms with van der Waals surface area (Å²) in [5, 5.41) is 14.1. The maximum Gasteiger partial charge on any atom is 0.271 e. The van der Waals surface area contributed by atoms with Gasteiger partial charge in [-0.05, 0) is 30.5 Å². The van der Waals surface area contributed by atoms with Crippen LogP contribution in [-0.2, 0) is 11.3 Å². The van der Waals surface area contributed by atoms with Gasteiger partial charge < -0.3 is 10.2 Å². The minimum Gasteiger partial charge on any atom is -0.370 e. The van der Waals surface area contributed by atoms with Crippen molar-refractivity contribution in [2.24, 2.45) is 5.92 Å². The number of benzene rings is 1. The zero-order chi connectivity index (χ0) is 18.5. The monoisotopic (exact) mass is 374 g/mol. The normalized spacial score (nSPS) is 14.9. The SMILES string of the molecule is O=C(NCc1cccnc1)C1CCN(c2ccc([N+](=O)[O-])cc2Cl)CC1. The lowest BCUT2D eigenvalue weighted by Gasteiger charge is -2.33. The number of rotatable bonds is 5. The molecule has 7 nitrogen and oxygen atoms in total. The predicted octanol–water partition coefficient (Wildman–Crippen LogP) is 3.18. The van der Waals surface area contributed by atoms with Crippen molar-refractivity contribution in [2.45, 2.75) is 19.4 Å². The number of aromatic nitrogens is 1. The fourth-order valence-electron chi connectivity index (χ4n) is 3.08. The number of anilines is 1. The highest BCUT2D eigenvalue weighted by Gasteiger charge is 2.26. The van der Waals surface area contributed by atoms with Gasteiger partial charge in [0, 0.05) is 50.1 Å². The maximum absolute atomic E-state index is 12.4. The van der Waals surface area contributed by atoms with Crippen molar-refractivity contribution in [3.05, 3.63) is 63.4 Å². The standard InChI is InChI=1S/C18H19ClN4O3/c19-16-10-15(23(25)26)3-4-17(16)22-8-5-14(6-9-22)18(24)21-12-13-2-1-7-20-11-13/h1-4,7,10-11,14H,5-6,8-9,12H2,(H,21,24). The molecular formula is C18H19ClN4O3. The third kappa shape index (κ3) is 4.29. The van der Waals surface area contributed by atoms with Crippen molar-refractivity contribution >= 4 is 28.9 Å². The number of nitrogens with zero attached hydrogens (tertiary/aromatic N) is 3. The summed E-state index contributed by atoms with van der Waals surface area (Å²) in [5.41, 5.74) is 1.71. The minimum absolute atomic E-state index is 0.0246. The number of non-ortho nitro benzene ring substituents is 1. The van der Waals surface area contributed by atoms with Gasteiger partial charge in [0.25, 0.3) is 5.69 Å². The van der Waals surface area contributed by atoms with E-state index < -0.39 is 4.92 Å². The molecule has 1 aliphatic rings. The number of amides is 1. The van der Waals surface area contributed by atoms with Gasteiger partial charge in [0.15, 0.2) is 0 Å². The fourth-order valence-corrected chi connectivity index (χ4v) is 3.38. The Kier molecular flexibility index (Phi) is 5.68. The van der Waals surface area contributed by atoms with Crippen LogP contribution in [0.2, 0.25) is 5.02 Å². The molecule has 1 N–H and O–H groups in total. The van der Waals surface area contributed by atoms with E-state index in [0.717, 1.165) is 11.3 Å². The van der Waals surface area contributed by atoms with Gasteiger partial charge in [-0.1, -0.05) is 17.7 Å². The van der Waals surface area contributed by atoms with Crippen molar-refractivity contribution in [3.8, 4) is 0 Å². The summed E-state index contributed by atoms with van der Waals surface area (Å²) < 4.78 is 0. The van der Waals surface area contributed by atoms with Gasteiger partial charge in [-0.3, -0.25) is 19.9 Å². The van der Waals surface area contributed by atoms with Gasteiger partial charge in [0.05, 0.1) is 15.6 Å². The summed E-state index contributed by atoms with van der Waals surface area (Å²) in [6.45, 7) is 1.84. The van der Waals surface area contributed by atoms with Crippen LogP contribution in [0.4, 0.5) is 11.4 Å². The fraction of sp³-hybridized carbons (Fsp3) is 0.333. The maximum atomic E-state index is 12.4. The molecule has 3 rings (SSSR count). The van der Waals surface area contributed by atoms with Crippen molar-refractivity contribution in [1.29, 1.82) is 0 Å². The van der Waals surface area contributed by atoms with E-state index in [9.17, 15) is 14.9 Å². The molecule has 0 saturated carbocycles. The van der Waals surface area contributed by atoms with Crippen LogP contribution in [0.15, 0.2) is 42.7 Å². The van der Waals surface area contributed by atoms with Crippen LogP contribution >= 0.6 is 11.6 Å². The molecule has 0 spiro atoms. The first kappa shape index (κ1) is 18.1. The van der Waals surface area contributed by atoms with E-state index in [1.807, 2.05) is 12.1 Å². The van der Waals surface area contributed by atoms with Crippen LogP contribution in [0.3, 0.4) is 0 Å². The number of hydrogen-bond acceptors (Lipinski definition) is 5. The summed E-state index contributed by atoms with van der Waals surface area (Å²) >= 11 is 6.19. The van der Waals surface area contributed by atoms with Crippen molar-refractivity contribution in [3.63, 3.8) is 0 Å². The molecule has 0 bridgehead atoms. The molecule has 2 aromatic rings. The molecule has 0 atom stereocenters. The molecule has 26 heavy (non-hydrogen) atoms. The number of pyridine rings is 1. The number of nitro benzene ring substituents is 1. The number of piperidine rings is 1. The van der Waals surface area contributed by atoms with Gasteiger partial charge in [0.2, 0.25) is 5.91 Å². The molecule has 1 aromatic heterocycles. The van der Waals surface area contributed by atoms with E-state index >= 15 is 0 Å². The number of nitro groups is 1. The largest absolute Gasteiger partial charge is 0.370 e. The van der Waals surface area contributed by atoms with Gasteiger partial charge >= 0.3 is 0 Å². The Morgan fingerprint density at radius 3 is 2.73 bits per heavy atom. The van der Waals surface area contributed by atoms with Crippen molar-refractivity contribution in [1.82, 2.24) is 10.3 Å². The highest BCUT2D eigenvalue weighted by Crippen LogP contribution is 2.32. The second-order valence-corrected chi connectivity index (χ2v) is 6.64. The number of hydrogen-bond donors (Lipinski definition) is 1. The van der Waals surface area contributed by atoms with Gasteiger partial charge in [-0.25, -0.2) is 0 Å². The molecular weight excluding hydrogens is 356 g/mol. The zero-order valence-electron chi connectivity index (χ0n) is 14.1. The highest BCUT2D eigenvalue weighted by molar-refractivity contribution is 6.33. The molecule has 1 saturated heterocycles. The van der Waals surface area contributed by atoms with E-state index in [4.69, 9.17) is 11.6 Å². The summed E-state index contributed by atoms with van der Waals surface area (Å²) in [4.78, 5) is 28.8. The number of carbonyl (C=O) groups excluding carboxylic acids is 1. The molecule has 2 heterocycles. The third-order valence-electron chi connectivity index (χ3n) is 4.54. The Labute approximate surface area is 156 Å². The summed E-state index contributed by atoms with van der Waals surface area (Å²) in [6.07, 6.45) is 4.86. The zero-order valence-corrected chi connectivity index (χ0v) is 14.9. The molecule has 0 radical (unpaired) electrons. The van der Waals surface area contributed by atoms with Crippen LogP contribution in [0.5, 0.6) is 0 Å². The quantitative estimate of drug-likeness (QED) is 0.641. The van der Waals surface area contributed by atoms with Crippen LogP contribution in [-0.4, -0.2) is 28.9 Å². The Morgan fingerprint density at radius 1 is 1.35 bits per heavy atom. The lowest BCUT2D eigenvalue weighted by molar-refractivity contribution is -0.384. The Morgan fingerprint density at radius 2 is 2.12 bits per heavy atom. The van der Waals surface area contributed by atoms with E-state index in [1.54, 1.807) is 18.5 Å². The lowest BCUT2D eigenvalue weighted by Crippen LogP contribution is -2.40. The first-order valence-electron chi connectivity index (χ1n) is 8.40. The Hall–Kier alpha value is -2.67. The topological polar surface area (TPSA) is 88.4 Å². The Balaban J connectivity index is 1.54. The van der Waals surface area contributed by atoms with Crippen LogP contribution in [0, 0.1) is 16.0 Å². The van der Waals surface area contributed by atoms with Gasteiger partial charge in [-0.15, -0.1) is 0 Å². The second-order valence-electron chi connectivity index (χ2n) is 6.23. The molecule has 1 amide bonds. The number of halogens is 1. The third-order valence-corrected chi connectivity index (χ3v) is 4.84. The average molecular weight is 375 g/mol. The molecule has 1 aliphatic heterocycles. The van der Waals surface area contributed by atoms with Crippen molar-refractivity contribution in [2.75, 3.05) is 18.0 Å². The van der Waals surface area contributed by atoms with Crippen LogP contribution < -0.4 is 10.2 Å². The smallest absolute Gasteiger partial charge is 0.271 e. The molecule has 1 fully saturated rings.